The summed E-state index contributed by atoms with van der Waals surface area (Å²) in [5.41, 5.74) is -2.47. The lowest BCUT2D eigenvalue weighted by molar-refractivity contribution is -0.136. The summed E-state index contributed by atoms with van der Waals surface area (Å²) >= 11 is 7.13. The standard InChI is InChI=1S/C20H41O4PS2/c1-4-6-8-10-12-14-16-23-25(26,27-19(3)18-20(21)22)24-17-15-13-11-9-7-5-2/h19H,4-18H2,1-3H3,(H,21,22). The smallest absolute Gasteiger partial charge is 0.304 e. The van der Waals surface area contributed by atoms with E-state index in [-0.39, 0.29) is 11.7 Å². The second-order valence-electron chi connectivity index (χ2n) is 7.16. The van der Waals surface area contributed by atoms with Gasteiger partial charge in [0.15, 0.2) is 0 Å². The molecular weight excluding hydrogens is 399 g/mol. The first-order valence-corrected chi connectivity index (χ1v) is 14.8. The van der Waals surface area contributed by atoms with Gasteiger partial charge in [0.1, 0.15) is 0 Å². The van der Waals surface area contributed by atoms with E-state index in [2.05, 4.69) is 13.8 Å². The zero-order valence-electron chi connectivity index (χ0n) is 17.6. The Kier molecular flexibility index (Phi) is 18.7. The van der Waals surface area contributed by atoms with Crippen molar-refractivity contribution in [3.05, 3.63) is 0 Å². The molecule has 0 aliphatic carbocycles. The zero-order valence-corrected chi connectivity index (χ0v) is 20.1. The minimum atomic E-state index is -2.47. The fourth-order valence-corrected chi connectivity index (χ4v) is 8.41. The maximum Gasteiger partial charge on any atom is 0.304 e. The van der Waals surface area contributed by atoms with Crippen molar-refractivity contribution in [2.45, 2.75) is 109 Å². The molecule has 0 aromatic heterocycles. The molecule has 4 nitrogen and oxygen atoms in total. The molecule has 1 N–H and O–H groups in total. The molecule has 1 unspecified atom stereocenters. The van der Waals surface area contributed by atoms with Gasteiger partial charge in [0, 0.05) is 5.25 Å². The fraction of sp³-hybridized carbons (Fsp3) is 0.950. The molecule has 0 saturated heterocycles. The van der Waals surface area contributed by atoms with Crippen LogP contribution in [0.25, 0.3) is 0 Å². The predicted octanol–water partition coefficient (Wildman–Crippen LogP) is 7.56. The molecule has 0 aliphatic heterocycles. The van der Waals surface area contributed by atoms with Crippen molar-refractivity contribution in [3.63, 3.8) is 0 Å². The van der Waals surface area contributed by atoms with E-state index in [1.807, 2.05) is 6.92 Å². The van der Waals surface area contributed by atoms with Crippen molar-refractivity contribution in [1.29, 1.82) is 0 Å². The van der Waals surface area contributed by atoms with Crippen LogP contribution in [-0.2, 0) is 25.6 Å². The number of rotatable bonds is 20. The first-order chi connectivity index (χ1) is 12.9. The molecule has 1 atom stereocenters. The van der Waals surface area contributed by atoms with Gasteiger partial charge < -0.3 is 14.2 Å². The Labute approximate surface area is 176 Å². The molecule has 0 bridgehead atoms. The lowest BCUT2D eigenvalue weighted by Crippen LogP contribution is -2.07. The van der Waals surface area contributed by atoms with E-state index in [1.54, 1.807) is 0 Å². The summed E-state index contributed by atoms with van der Waals surface area (Å²) in [5.74, 6) is -0.802. The summed E-state index contributed by atoms with van der Waals surface area (Å²) in [7, 11) is 0. The highest BCUT2D eigenvalue weighted by Gasteiger charge is 2.24. The second-order valence-corrected chi connectivity index (χ2v) is 13.8. The van der Waals surface area contributed by atoms with Gasteiger partial charge in [-0.25, -0.2) is 0 Å². The minimum Gasteiger partial charge on any atom is -0.481 e. The molecule has 0 amide bonds. The third-order valence-electron chi connectivity index (χ3n) is 4.27. The first kappa shape index (κ1) is 27.4. The van der Waals surface area contributed by atoms with Crippen molar-refractivity contribution in [1.82, 2.24) is 0 Å². The van der Waals surface area contributed by atoms with E-state index >= 15 is 0 Å². The van der Waals surface area contributed by atoms with Gasteiger partial charge in [0.2, 0.25) is 5.69 Å². The zero-order chi connectivity index (χ0) is 20.4. The number of hydrogen-bond acceptors (Lipinski definition) is 5. The highest BCUT2D eigenvalue weighted by molar-refractivity contribution is 8.68. The summed E-state index contributed by atoms with van der Waals surface area (Å²) in [6.07, 6.45) is 14.5. The molecule has 0 aliphatic rings. The monoisotopic (exact) mass is 440 g/mol. The van der Waals surface area contributed by atoms with Gasteiger partial charge in [-0.1, -0.05) is 96.4 Å². The predicted molar refractivity (Wildman–Crippen MR) is 122 cm³/mol. The van der Waals surface area contributed by atoms with Gasteiger partial charge in [0.25, 0.3) is 0 Å². The van der Waals surface area contributed by atoms with Crippen molar-refractivity contribution in [2.75, 3.05) is 13.2 Å². The minimum absolute atomic E-state index is 0.0871. The van der Waals surface area contributed by atoms with Crippen molar-refractivity contribution in [2.24, 2.45) is 0 Å². The van der Waals surface area contributed by atoms with E-state index in [4.69, 9.17) is 26.0 Å². The molecule has 0 spiro atoms. The van der Waals surface area contributed by atoms with Crippen molar-refractivity contribution < 1.29 is 18.9 Å². The summed E-state index contributed by atoms with van der Waals surface area (Å²) in [5, 5.41) is 8.90. The van der Waals surface area contributed by atoms with Crippen LogP contribution in [-0.4, -0.2) is 29.5 Å². The molecular formula is C20H41O4PS2. The lowest BCUT2D eigenvalue weighted by atomic mass is 10.1. The Bertz CT molecular complexity index is 385. The van der Waals surface area contributed by atoms with Crippen LogP contribution >= 0.6 is 17.1 Å². The Hall–Kier alpha value is 0.390. The van der Waals surface area contributed by atoms with E-state index < -0.39 is 11.7 Å². The molecule has 0 aromatic rings. The van der Waals surface area contributed by atoms with Crippen LogP contribution in [0.3, 0.4) is 0 Å². The van der Waals surface area contributed by atoms with Gasteiger partial charge in [0.05, 0.1) is 19.6 Å². The SMILES string of the molecule is CCCCCCCCOP(=S)(OCCCCCCCC)SC(C)CC(=O)O. The summed E-state index contributed by atoms with van der Waals surface area (Å²) in [6, 6.07) is 0. The highest BCUT2D eigenvalue weighted by atomic mass is 32.9. The fourth-order valence-electron chi connectivity index (χ4n) is 2.72. The number of carbonyl (C=O) groups is 1. The van der Waals surface area contributed by atoms with E-state index in [0.29, 0.717) is 13.2 Å². The third kappa shape index (κ3) is 18.2. The Morgan fingerprint density at radius 2 is 1.30 bits per heavy atom. The van der Waals surface area contributed by atoms with Gasteiger partial charge in [-0.3, -0.25) is 4.79 Å². The number of hydrogen-bond donors (Lipinski definition) is 1. The van der Waals surface area contributed by atoms with E-state index in [0.717, 1.165) is 25.7 Å². The Morgan fingerprint density at radius 1 is 0.889 bits per heavy atom. The number of carboxylic acids is 1. The van der Waals surface area contributed by atoms with Crippen molar-refractivity contribution >= 4 is 34.9 Å². The summed E-state index contributed by atoms with van der Waals surface area (Å²) in [6.45, 7) is 7.56. The topological polar surface area (TPSA) is 55.8 Å². The number of carboxylic acid groups (broad SMARTS) is 1. The van der Waals surface area contributed by atoms with Crippen LogP contribution in [0, 0.1) is 0 Å². The maximum atomic E-state index is 10.9. The van der Waals surface area contributed by atoms with E-state index in [1.165, 1.54) is 62.7 Å². The van der Waals surface area contributed by atoms with Crippen LogP contribution in [0.1, 0.15) is 104 Å². The molecule has 162 valence electrons. The molecule has 27 heavy (non-hydrogen) atoms. The van der Waals surface area contributed by atoms with Crippen LogP contribution in [0.2, 0.25) is 0 Å². The highest BCUT2D eigenvalue weighted by Crippen LogP contribution is 2.63. The molecule has 7 heteroatoms. The first-order valence-electron chi connectivity index (χ1n) is 10.7. The van der Waals surface area contributed by atoms with Gasteiger partial charge >= 0.3 is 5.97 Å². The quantitative estimate of drug-likeness (QED) is 0.156. The largest absolute Gasteiger partial charge is 0.481 e. The average molecular weight is 441 g/mol. The second kappa shape index (κ2) is 18.4. The lowest BCUT2D eigenvalue weighted by Gasteiger charge is -2.24. The number of unbranched alkanes of at least 4 members (excludes halogenated alkanes) is 10. The van der Waals surface area contributed by atoms with Crippen LogP contribution in [0.15, 0.2) is 0 Å². The molecule has 0 fully saturated rings. The molecule has 0 heterocycles. The van der Waals surface area contributed by atoms with Crippen LogP contribution < -0.4 is 0 Å². The average Bonchev–Trinajstić information content (AvgIpc) is 2.59. The Balaban J connectivity index is 4.23. The van der Waals surface area contributed by atoms with Gasteiger partial charge in [-0.15, -0.1) is 0 Å². The molecule has 0 radical (unpaired) electrons. The van der Waals surface area contributed by atoms with Gasteiger partial charge in [-0.05, 0) is 24.6 Å². The van der Waals surface area contributed by atoms with Gasteiger partial charge in [-0.2, -0.15) is 0 Å². The summed E-state index contributed by atoms with van der Waals surface area (Å²) in [4.78, 5) is 10.9. The third-order valence-corrected chi connectivity index (χ3v) is 9.94. The molecule has 0 saturated carbocycles. The molecule has 0 rings (SSSR count). The Morgan fingerprint density at radius 3 is 1.70 bits per heavy atom. The normalized spacial score (nSPS) is 13.0. The number of aliphatic carboxylic acids is 1. The maximum absolute atomic E-state index is 10.9. The molecule has 0 aromatic carbocycles. The van der Waals surface area contributed by atoms with Crippen LogP contribution in [0.5, 0.6) is 0 Å². The van der Waals surface area contributed by atoms with E-state index in [9.17, 15) is 4.79 Å². The van der Waals surface area contributed by atoms with Crippen LogP contribution in [0.4, 0.5) is 0 Å². The summed E-state index contributed by atoms with van der Waals surface area (Å²) < 4.78 is 12.0. The van der Waals surface area contributed by atoms with Crippen molar-refractivity contribution in [3.8, 4) is 0 Å².